The first-order valence-corrected chi connectivity index (χ1v) is 11.3. The van der Waals surface area contributed by atoms with Crippen LogP contribution in [0.15, 0.2) is 69.8 Å². The van der Waals surface area contributed by atoms with Gasteiger partial charge in [-0.1, -0.05) is 47.6 Å². The number of hydrogen-bond acceptors (Lipinski definition) is 8. The Labute approximate surface area is 200 Å². The molecule has 0 spiro atoms. The number of esters is 2. The van der Waals surface area contributed by atoms with E-state index in [9.17, 15) is 14.7 Å². The van der Waals surface area contributed by atoms with Crippen molar-refractivity contribution >= 4 is 52.1 Å². The van der Waals surface area contributed by atoms with E-state index in [0.29, 0.717) is 26.9 Å². The van der Waals surface area contributed by atoms with E-state index < -0.39 is 11.9 Å². The molecule has 1 aliphatic rings. The van der Waals surface area contributed by atoms with Crippen molar-refractivity contribution in [2.45, 2.75) is 13.8 Å². The number of aliphatic imine (C=N–C) groups is 1. The van der Waals surface area contributed by atoms with Crippen molar-refractivity contribution in [1.82, 2.24) is 0 Å². The van der Waals surface area contributed by atoms with Crippen molar-refractivity contribution in [3.63, 3.8) is 0 Å². The molecular formula is C24H22ClNO6S. The van der Waals surface area contributed by atoms with Crippen molar-refractivity contribution in [2.75, 3.05) is 19.8 Å². The lowest BCUT2D eigenvalue weighted by Crippen LogP contribution is -2.14. The zero-order valence-electron chi connectivity index (χ0n) is 18.0. The summed E-state index contributed by atoms with van der Waals surface area (Å²) in [4.78, 5) is 28.9. The van der Waals surface area contributed by atoms with Crippen LogP contribution < -0.4 is 4.74 Å². The topological polar surface area (TPSA) is 94.4 Å². The highest BCUT2D eigenvalue weighted by molar-refractivity contribution is 8.18. The van der Waals surface area contributed by atoms with Crippen LogP contribution in [0.25, 0.3) is 6.08 Å². The third-order valence-corrected chi connectivity index (χ3v) is 5.58. The second kappa shape index (κ2) is 11.6. The number of aliphatic hydroxyl groups is 1. The van der Waals surface area contributed by atoms with Crippen molar-refractivity contribution in [2.24, 2.45) is 4.99 Å². The summed E-state index contributed by atoms with van der Waals surface area (Å²) in [6, 6.07) is 14.1. The number of benzene rings is 2. The van der Waals surface area contributed by atoms with Crippen molar-refractivity contribution in [1.29, 1.82) is 0 Å². The van der Waals surface area contributed by atoms with Gasteiger partial charge in [0.05, 0.1) is 28.8 Å². The SMILES string of the molecule is CCOC(=O)COc1ccc(C=C2SC(=Nc3ccccc3)C(C(=O)OCC)=C2O)cc1Cl. The summed E-state index contributed by atoms with van der Waals surface area (Å²) >= 11 is 7.43. The zero-order valence-corrected chi connectivity index (χ0v) is 19.6. The molecule has 0 bridgehead atoms. The van der Waals surface area contributed by atoms with Crippen molar-refractivity contribution < 1.29 is 28.9 Å². The van der Waals surface area contributed by atoms with Crippen LogP contribution in [0, 0.1) is 0 Å². The minimum absolute atomic E-state index is 0.0115. The summed E-state index contributed by atoms with van der Waals surface area (Å²) in [5.74, 6) is -1.04. The van der Waals surface area contributed by atoms with Gasteiger partial charge in [0, 0.05) is 0 Å². The Balaban J connectivity index is 1.88. The van der Waals surface area contributed by atoms with Gasteiger partial charge in [0.15, 0.2) is 6.61 Å². The fourth-order valence-corrected chi connectivity index (χ4v) is 4.10. The lowest BCUT2D eigenvalue weighted by Gasteiger charge is -2.08. The predicted octanol–water partition coefficient (Wildman–Crippen LogP) is 5.48. The van der Waals surface area contributed by atoms with Crippen LogP contribution in [-0.4, -0.2) is 41.9 Å². The van der Waals surface area contributed by atoms with E-state index in [1.807, 2.05) is 18.2 Å². The van der Waals surface area contributed by atoms with E-state index in [2.05, 4.69) is 4.99 Å². The van der Waals surface area contributed by atoms with Gasteiger partial charge in [-0.15, -0.1) is 0 Å². The number of aliphatic hydroxyl groups excluding tert-OH is 1. The molecule has 33 heavy (non-hydrogen) atoms. The van der Waals surface area contributed by atoms with Crippen LogP contribution in [0.2, 0.25) is 5.02 Å². The molecule has 0 aliphatic carbocycles. The fourth-order valence-electron chi connectivity index (χ4n) is 2.83. The number of thioether (sulfide) groups is 1. The van der Waals surface area contributed by atoms with E-state index in [1.165, 1.54) is 0 Å². The van der Waals surface area contributed by atoms with Crippen LogP contribution in [-0.2, 0) is 19.1 Å². The Hall–Kier alpha value is -3.23. The van der Waals surface area contributed by atoms with Gasteiger partial charge < -0.3 is 19.3 Å². The highest BCUT2D eigenvalue weighted by atomic mass is 35.5. The normalized spacial score (nSPS) is 15.7. The number of halogens is 1. The van der Waals surface area contributed by atoms with Gasteiger partial charge in [0.25, 0.3) is 0 Å². The molecule has 0 saturated carbocycles. The molecule has 9 heteroatoms. The van der Waals surface area contributed by atoms with Crippen molar-refractivity contribution in [3.05, 3.63) is 75.4 Å². The molecule has 2 aromatic carbocycles. The largest absolute Gasteiger partial charge is 0.506 e. The average molecular weight is 488 g/mol. The fraction of sp³-hybridized carbons (Fsp3) is 0.208. The Morgan fingerprint density at radius 2 is 1.82 bits per heavy atom. The van der Waals surface area contributed by atoms with E-state index in [-0.39, 0.29) is 36.2 Å². The van der Waals surface area contributed by atoms with Gasteiger partial charge in [0.1, 0.15) is 22.1 Å². The molecule has 0 amide bonds. The Bertz CT molecular complexity index is 1130. The summed E-state index contributed by atoms with van der Waals surface area (Å²) in [5.41, 5.74) is 1.31. The summed E-state index contributed by atoms with van der Waals surface area (Å²) in [7, 11) is 0. The van der Waals surface area contributed by atoms with Crippen LogP contribution in [0.1, 0.15) is 19.4 Å². The quantitative estimate of drug-likeness (QED) is 0.493. The van der Waals surface area contributed by atoms with E-state index in [4.69, 9.17) is 25.8 Å². The molecule has 1 aliphatic heterocycles. The lowest BCUT2D eigenvalue weighted by atomic mass is 10.1. The second-order valence-corrected chi connectivity index (χ2v) is 8.03. The van der Waals surface area contributed by atoms with E-state index >= 15 is 0 Å². The molecule has 0 fully saturated rings. The van der Waals surface area contributed by atoms with Gasteiger partial charge in [-0.2, -0.15) is 0 Å². The minimum atomic E-state index is -0.652. The molecule has 2 aromatic rings. The zero-order chi connectivity index (χ0) is 23.8. The molecule has 3 rings (SSSR count). The molecule has 172 valence electrons. The number of hydrogen-bond donors (Lipinski definition) is 1. The number of nitrogens with zero attached hydrogens (tertiary/aromatic N) is 1. The third-order valence-electron chi connectivity index (χ3n) is 4.26. The second-order valence-electron chi connectivity index (χ2n) is 6.59. The molecule has 0 aromatic heterocycles. The molecule has 0 atom stereocenters. The van der Waals surface area contributed by atoms with Crippen LogP contribution in [0.4, 0.5) is 5.69 Å². The van der Waals surface area contributed by atoms with Gasteiger partial charge in [-0.05, 0) is 49.8 Å². The van der Waals surface area contributed by atoms with Gasteiger partial charge in [-0.3, -0.25) is 0 Å². The highest BCUT2D eigenvalue weighted by Gasteiger charge is 2.33. The smallest absolute Gasteiger partial charge is 0.344 e. The van der Waals surface area contributed by atoms with Crippen LogP contribution >= 0.6 is 23.4 Å². The third kappa shape index (κ3) is 6.40. The number of para-hydroxylation sites is 1. The van der Waals surface area contributed by atoms with Gasteiger partial charge in [-0.25, -0.2) is 14.6 Å². The van der Waals surface area contributed by atoms with Gasteiger partial charge >= 0.3 is 11.9 Å². The van der Waals surface area contributed by atoms with Crippen LogP contribution in [0.3, 0.4) is 0 Å². The standard InChI is InChI=1S/C24H22ClNO6S/c1-3-30-20(27)14-32-18-11-10-15(12-17(18)25)13-19-22(28)21(24(29)31-4-2)23(33-19)26-16-8-6-5-7-9-16/h5-13,28H,3-4,14H2,1-2H3. The van der Waals surface area contributed by atoms with Crippen LogP contribution in [0.5, 0.6) is 5.75 Å². The predicted molar refractivity (Wildman–Crippen MR) is 129 cm³/mol. The number of carbonyl (C=O) groups excluding carboxylic acids is 2. The monoisotopic (exact) mass is 487 g/mol. The van der Waals surface area contributed by atoms with Crippen molar-refractivity contribution in [3.8, 4) is 5.75 Å². The molecule has 7 nitrogen and oxygen atoms in total. The first-order chi connectivity index (χ1) is 15.9. The number of rotatable bonds is 8. The maximum atomic E-state index is 12.5. The molecule has 1 N–H and O–H groups in total. The summed E-state index contributed by atoms with van der Waals surface area (Å²) < 4.78 is 15.3. The summed E-state index contributed by atoms with van der Waals surface area (Å²) in [5, 5.41) is 11.4. The average Bonchev–Trinajstić information content (AvgIpc) is 3.08. The Morgan fingerprint density at radius 3 is 2.48 bits per heavy atom. The number of carbonyl (C=O) groups is 2. The summed E-state index contributed by atoms with van der Waals surface area (Å²) in [6.45, 7) is 3.58. The minimum Gasteiger partial charge on any atom is -0.506 e. The van der Waals surface area contributed by atoms with Gasteiger partial charge in [0.2, 0.25) is 0 Å². The van der Waals surface area contributed by atoms with E-state index in [1.54, 1.807) is 50.3 Å². The first-order valence-electron chi connectivity index (χ1n) is 10.1. The first kappa shape index (κ1) is 24.4. The Morgan fingerprint density at radius 1 is 1.09 bits per heavy atom. The summed E-state index contributed by atoms with van der Waals surface area (Å²) in [6.07, 6.45) is 1.67. The molecule has 0 saturated heterocycles. The molecule has 0 unspecified atom stereocenters. The molecule has 0 radical (unpaired) electrons. The maximum absolute atomic E-state index is 12.5. The lowest BCUT2D eigenvalue weighted by molar-refractivity contribution is -0.145. The molecule has 1 heterocycles. The maximum Gasteiger partial charge on any atom is 0.344 e. The Kier molecular flexibility index (Phi) is 8.57. The van der Waals surface area contributed by atoms with E-state index in [0.717, 1.165) is 11.8 Å². The molecular weight excluding hydrogens is 466 g/mol. The number of ether oxygens (including phenoxy) is 3. The highest BCUT2D eigenvalue weighted by Crippen LogP contribution is 2.40.